The van der Waals surface area contributed by atoms with Gasteiger partial charge in [-0.15, -0.1) is 0 Å². The second-order valence-electron chi connectivity index (χ2n) is 7.32. The molecule has 1 heterocycles. The van der Waals surface area contributed by atoms with Gasteiger partial charge >= 0.3 is 0 Å². The molecule has 1 atom stereocenters. The molecule has 1 saturated heterocycles. The highest BCUT2D eigenvalue weighted by atomic mass is 16.5. The van der Waals surface area contributed by atoms with Crippen LogP contribution in [0.4, 0.5) is 0 Å². The number of ether oxygens (including phenoxy) is 2. The summed E-state index contributed by atoms with van der Waals surface area (Å²) >= 11 is 0. The molecule has 160 valence electrons. The Kier molecular flexibility index (Phi) is 13.5. The van der Waals surface area contributed by atoms with E-state index in [-0.39, 0.29) is 0 Å². The fraction of sp³-hybridized carbons (Fsp3) is 0.950. The first-order chi connectivity index (χ1) is 13.2. The summed E-state index contributed by atoms with van der Waals surface area (Å²) in [6.45, 7) is 13.0. The van der Waals surface area contributed by atoms with Gasteiger partial charge in [0, 0.05) is 52.9 Å². The number of morpholine rings is 1. The van der Waals surface area contributed by atoms with Crippen molar-refractivity contribution in [1.82, 2.24) is 20.4 Å². The van der Waals surface area contributed by atoms with Crippen molar-refractivity contribution in [1.29, 1.82) is 0 Å². The van der Waals surface area contributed by atoms with Crippen LogP contribution in [0.1, 0.15) is 33.1 Å². The highest BCUT2D eigenvalue weighted by Gasteiger charge is 2.26. The molecule has 27 heavy (non-hydrogen) atoms. The van der Waals surface area contributed by atoms with Gasteiger partial charge in [0.15, 0.2) is 5.96 Å². The Morgan fingerprint density at radius 2 is 1.89 bits per heavy atom. The van der Waals surface area contributed by atoms with Crippen molar-refractivity contribution < 1.29 is 9.47 Å². The zero-order valence-corrected chi connectivity index (χ0v) is 18.3. The third-order valence-electron chi connectivity index (χ3n) is 5.50. The average molecular weight is 386 g/mol. The molecule has 1 rings (SSSR count). The lowest BCUT2D eigenvalue weighted by Gasteiger charge is -2.39. The van der Waals surface area contributed by atoms with E-state index in [0.29, 0.717) is 12.0 Å². The van der Waals surface area contributed by atoms with Crippen molar-refractivity contribution >= 4 is 5.96 Å². The van der Waals surface area contributed by atoms with Crippen molar-refractivity contribution in [3.8, 4) is 0 Å². The molecule has 1 unspecified atom stereocenters. The van der Waals surface area contributed by atoms with Crippen molar-refractivity contribution in [3.63, 3.8) is 0 Å². The summed E-state index contributed by atoms with van der Waals surface area (Å²) in [6, 6.07) is 0.530. The lowest BCUT2D eigenvalue weighted by Crippen LogP contribution is -2.53. The molecule has 0 aromatic heterocycles. The predicted octanol–water partition coefficient (Wildman–Crippen LogP) is 1.26. The van der Waals surface area contributed by atoms with Crippen LogP contribution in [0.5, 0.6) is 0 Å². The molecule has 0 saturated carbocycles. The van der Waals surface area contributed by atoms with Crippen LogP contribution in [0.25, 0.3) is 0 Å². The number of rotatable bonds is 13. The molecule has 0 aliphatic carbocycles. The van der Waals surface area contributed by atoms with E-state index >= 15 is 0 Å². The molecular weight excluding hydrogens is 342 g/mol. The number of aliphatic imine (C=N–C) groups is 1. The van der Waals surface area contributed by atoms with Gasteiger partial charge < -0.3 is 25.0 Å². The maximum absolute atomic E-state index is 5.54. The van der Waals surface area contributed by atoms with E-state index in [4.69, 9.17) is 9.47 Å². The fourth-order valence-corrected chi connectivity index (χ4v) is 3.67. The molecule has 0 aromatic rings. The topological polar surface area (TPSA) is 61.4 Å². The van der Waals surface area contributed by atoms with E-state index in [9.17, 15) is 0 Å². The quantitative estimate of drug-likeness (QED) is 0.283. The van der Waals surface area contributed by atoms with Gasteiger partial charge in [0.05, 0.1) is 19.8 Å². The minimum absolute atomic E-state index is 0.530. The van der Waals surface area contributed by atoms with Gasteiger partial charge in [-0.25, -0.2) is 0 Å². The maximum atomic E-state index is 5.54. The molecule has 1 aliphatic rings. The summed E-state index contributed by atoms with van der Waals surface area (Å²) in [5.74, 6) is 1.60. The number of methoxy groups -OCH3 is 1. The Bertz CT molecular complexity index is 385. The van der Waals surface area contributed by atoms with E-state index in [2.05, 4.69) is 46.3 Å². The van der Waals surface area contributed by atoms with Crippen LogP contribution in [0.2, 0.25) is 0 Å². The summed E-state index contributed by atoms with van der Waals surface area (Å²) in [6.07, 6.45) is 3.50. The molecule has 1 fully saturated rings. The van der Waals surface area contributed by atoms with Crippen LogP contribution in [-0.2, 0) is 9.47 Å². The first-order valence-electron chi connectivity index (χ1n) is 10.6. The van der Waals surface area contributed by atoms with Gasteiger partial charge in [-0.1, -0.05) is 26.7 Å². The van der Waals surface area contributed by atoms with E-state index in [0.717, 1.165) is 71.5 Å². The van der Waals surface area contributed by atoms with E-state index in [1.807, 2.05) is 7.05 Å². The highest BCUT2D eigenvalue weighted by Crippen LogP contribution is 2.19. The zero-order valence-electron chi connectivity index (χ0n) is 18.3. The summed E-state index contributed by atoms with van der Waals surface area (Å²) in [7, 11) is 5.73. The van der Waals surface area contributed by atoms with E-state index in [1.54, 1.807) is 7.11 Å². The van der Waals surface area contributed by atoms with Gasteiger partial charge in [-0.05, 0) is 25.9 Å². The first-order valence-corrected chi connectivity index (χ1v) is 10.6. The second-order valence-corrected chi connectivity index (χ2v) is 7.32. The minimum atomic E-state index is 0.530. The monoisotopic (exact) mass is 385 g/mol. The van der Waals surface area contributed by atoms with E-state index in [1.165, 1.54) is 12.8 Å². The second kappa shape index (κ2) is 15.1. The van der Waals surface area contributed by atoms with Crippen molar-refractivity contribution in [2.75, 3.05) is 80.3 Å². The van der Waals surface area contributed by atoms with Crippen LogP contribution in [0.15, 0.2) is 4.99 Å². The number of nitrogens with zero attached hydrogens (tertiary/aromatic N) is 3. The lowest BCUT2D eigenvalue weighted by molar-refractivity contribution is 0.00272. The predicted molar refractivity (Wildman–Crippen MR) is 114 cm³/mol. The molecule has 0 bridgehead atoms. The molecule has 1 aliphatic heterocycles. The third kappa shape index (κ3) is 9.74. The van der Waals surface area contributed by atoms with Gasteiger partial charge in [0.2, 0.25) is 0 Å². The van der Waals surface area contributed by atoms with Gasteiger partial charge in [0.1, 0.15) is 0 Å². The number of hydrogen-bond acceptors (Lipinski definition) is 5. The summed E-state index contributed by atoms with van der Waals surface area (Å²) in [5.41, 5.74) is 0. The zero-order chi connectivity index (χ0) is 19.9. The van der Waals surface area contributed by atoms with Crippen LogP contribution in [-0.4, -0.2) is 102 Å². The SMILES string of the molecule is CCC(CC)C(CNC(=NC)NCCCN(C)CCOC)N1CCOCC1. The Morgan fingerprint density at radius 1 is 1.19 bits per heavy atom. The number of guanidine groups is 1. The average Bonchev–Trinajstić information content (AvgIpc) is 2.71. The Hall–Kier alpha value is -0.890. The normalized spacial score (nSPS) is 17.5. The smallest absolute Gasteiger partial charge is 0.191 e. The summed E-state index contributed by atoms with van der Waals surface area (Å²) < 4.78 is 10.7. The number of likely N-dealkylation sites (N-methyl/N-ethyl adjacent to an activating group) is 1. The fourth-order valence-electron chi connectivity index (χ4n) is 3.67. The molecule has 7 heteroatoms. The maximum Gasteiger partial charge on any atom is 0.191 e. The largest absolute Gasteiger partial charge is 0.383 e. The molecular formula is C20H43N5O2. The molecule has 0 spiro atoms. The number of nitrogens with one attached hydrogen (secondary N) is 2. The third-order valence-corrected chi connectivity index (χ3v) is 5.50. The molecule has 2 N–H and O–H groups in total. The van der Waals surface area contributed by atoms with Crippen LogP contribution in [0, 0.1) is 5.92 Å². The van der Waals surface area contributed by atoms with Crippen molar-refractivity contribution in [2.45, 2.75) is 39.2 Å². The standard InChI is InChI=1S/C20H43N5O2/c1-6-18(7-2)19(25-12-15-27-16-13-25)17-23-20(21-3)22-9-8-10-24(4)11-14-26-5/h18-19H,6-17H2,1-5H3,(H2,21,22,23). The van der Waals surface area contributed by atoms with Gasteiger partial charge in [0.25, 0.3) is 0 Å². The minimum Gasteiger partial charge on any atom is -0.383 e. The van der Waals surface area contributed by atoms with E-state index < -0.39 is 0 Å². The van der Waals surface area contributed by atoms with Crippen LogP contribution < -0.4 is 10.6 Å². The van der Waals surface area contributed by atoms with Crippen molar-refractivity contribution in [2.24, 2.45) is 10.9 Å². The van der Waals surface area contributed by atoms with Gasteiger partial charge in [-0.2, -0.15) is 0 Å². The lowest BCUT2D eigenvalue weighted by atomic mass is 9.92. The van der Waals surface area contributed by atoms with Crippen molar-refractivity contribution in [3.05, 3.63) is 0 Å². The highest BCUT2D eigenvalue weighted by molar-refractivity contribution is 5.79. The molecule has 7 nitrogen and oxygen atoms in total. The molecule has 0 aromatic carbocycles. The van der Waals surface area contributed by atoms with Crippen LogP contribution in [0.3, 0.4) is 0 Å². The Labute approximate surface area is 166 Å². The summed E-state index contributed by atoms with van der Waals surface area (Å²) in [5, 5.41) is 7.01. The number of hydrogen-bond donors (Lipinski definition) is 2. The Balaban J connectivity index is 2.40. The summed E-state index contributed by atoms with van der Waals surface area (Å²) in [4.78, 5) is 9.28. The Morgan fingerprint density at radius 3 is 2.48 bits per heavy atom. The first kappa shape index (κ1) is 24.1. The van der Waals surface area contributed by atoms with Crippen LogP contribution >= 0.6 is 0 Å². The van der Waals surface area contributed by atoms with Gasteiger partial charge in [-0.3, -0.25) is 9.89 Å². The molecule has 0 amide bonds. The molecule has 0 radical (unpaired) electrons.